The van der Waals surface area contributed by atoms with Crippen LogP contribution in [0.25, 0.3) is 17.2 Å². The lowest BCUT2D eigenvalue weighted by atomic mass is 9.94. The van der Waals surface area contributed by atoms with E-state index in [0.717, 1.165) is 28.6 Å². The minimum Gasteiger partial charge on any atom is -0.491 e. The number of nitrogens with zero attached hydrogens (tertiary/aromatic N) is 5. The van der Waals surface area contributed by atoms with E-state index in [1.807, 2.05) is 48.9 Å². The fourth-order valence-electron chi connectivity index (χ4n) is 4.57. The highest BCUT2D eigenvalue weighted by Crippen LogP contribution is 2.29. The molecule has 1 aliphatic rings. The molecule has 1 aliphatic carbocycles. The van der Waals surface area contributed by atoms with Gasteiger partial charge in [-0.1, -0.05) is 31.4 Å². The van der Waals surface area contributed by atoms with E-state index in [4.69, 9.17) is 14.7 Å². The molecule has 182 valence electrons. The lowest BCUT2D eigenvalue weighted by Crippen LogP contribution is -2.34. The molecule has 0 aliphatic heterocycles. The molecule has 0 bridgehead atoms. The Kier molecular flexibility index (Phi) is 7.80. The van der Waals surface area contributed by atoms with Crippen molar-refractivity contribution in [2.75, 3.05) is 32.1 Å². The molecule has 2 N–H and O–H groups in total. The first-order valence-electron chi connectivity index (χ1n) is 12.2. The second-order valence-electron chi connectivity index (χ2n) is 9.20. The van der Waals surface area contributed by atoms with Crippen LogP contribution >= 0.6 is 0 Å². The monoisotopic (exact) mass is 464 g/mol. The van der Waals surface area contributed by atoms with Crippen LogP contribution in [0.4, 0.5) is 5.82 Å². The second-order valence-corrected chi connectivity index (χ2v) is 9.20. The standard InChI is InChI=1S/C26H36N6O2/c1-18-13-19(2)32(30-18)25-15-24(31(4)21-10-6-5-7-11-21)28-26(29-25)20-9-8-12-23(14-20)34-17-22(33)16-27-3/h8-9,12-15,21-22,27,33H,5-7,10-11,16-17H2,1-4H3. The van der Waals surface area contributed by atoms with Gasteiger partial charge >= 0.3 is 0 Å². The molecule has 1 saturated carbocycles. The molecule has 1 aromatic carbocycles. The van der Waals surface area contributed by atoms with Gasteiger partial charge < -0.3 is 20.1 Å². The fourth-order valence-corrected chi connectivity index (χ4v) is 4.57. The molecule has 8 nitrogen and oxygen atoms in total. The number of aliphatic hydroxyl groups is 1. The summed E-state index contributed by atoms with van der Waals surface area (Å²) in [5.74, 6) is 2.96. The Hall–Kier alpha value is -2.97. The second kappa shape index (κ2) is 11.0. The summed E-state index contributed by atoms with van der Waals surface area (Å²) in [7, 11) is 3.94. The number of hydrogen-bond donors (Lipinski definition) is 2. The lowest BCUT2D eigenvalue weighted by Gasteiger charge is -2.32. The summed E-state index contributed by atoms with van der Waals surface area (Å²) in [6, 6.07) is 12.3. The van der Waals surface area contributed by atoms with Crippen LogP contribution in [0.15, 0.2) is 36.4 Å². The van der Waals surface area contributed by atoms with Gasteiger partial charge in [0.25, 0.3) is 0 Å². The van der Waals surface area contributed by atoms with Crippen LogP contribution in [0.2, 0.25) is 0 Å². The van der Waals surface area contributed by atoms with Gasteiger partial charge in [0.05, 0.1) is 5.69 Å². The van der Waals surface area contributed by atoms with Gasteiger partial charge in [0, 0.05) is 37.0 Å². The van der Waals surface area contributed by atoms with Crippen LogP contribution in [0.5, 0.6) is 5.75 Å². The van der Waals surface area contributed by atoms with Crippen LogP contribution in [0, 0.1) is 13.8 Å². The molecular weight excluding hydrogens is 428 g/mol. The smallest absolute Gasteiger partial charge is 0.164 e. The predicted octanol–water partition coefficient (Wildman–Crippen LogP) is 3.67. The SMILES string of the molecule is CNCC(O)COc1cccc(-c2nc(N(C)C3CCCCC3)cc(-n3nc(C)cc3C)n2)c1. The number of ether oxygens (including phenoxy) is 1. The topological polar surface area (TPSA) is 88.3 Å². The molecule has 2 heterocycles. The molecule has 0 spiro atoms. The summed E-state index contributed by atoms with van der Waals surface area (Å²) < 4.78 is 7.70. The molecule has 1 atom stereocenters. The Balaban J connectivity index is 1.69. The van der Waals surface area contributed by atoms with Gasteiger partial charge in [-0.2, -0.15) is 5.10 Å². The zero-order chi connectivity index (χ0) is 24.1. The van der Waals surface area contributed by atoms with Gasteiger partial charge in [-0.15, -0.1) is 0 Å². The average molecular weight is 465 g/mol. The number of aromatic nitrogens is 4. The molecule has 2 aromatic heterocycles. The zero-order valence-corrected chi connectivity index (χ0v) is 20.7. The van der Waals surface area contributed by atoms with Crippen molar-refractivity contribution < 1.29 is 9.84 Å². The molecule has 4 rings (SSSR count). The third-order valence-electron chi connectivity index (χ3n) is 6.38. The zero-order valence-electron chi connectivity index (χ0n) is 20.7. The maximum atomic E-state index is 9.98. The first-order chi connectivity index (χ1) is 16.4. The van der Waals surface area contributed by atoms with Crippen molar-refractivity contribution in [3.63, 3.8) is 0 Å². The Labute approximate surface area is 202 Å². The van der Waals surface area contributed by atoms with Crippen LogP contribution in [0.3, 0.4) is 0 Å². The summed E-state index contributed by atoms with van der Waals surface area (Å²) in [4.78, 5) is 12.2. The molecule has 34 heavy (non-hydrogen) atoms. The number of benzene rings is 1. The fraction of sp³-hybridized carbons (Fsp3) is 0.500. The van der Waals surface area contributed by atoms with Crippen LogP contribution in [-0.2, 0) is 0 Å². The summed E-state index contributed by atoms with van der Waals surface area (Å²) in [5.41, 5.74) is 2.85. The summed E-state index contributed by atoms with van der Waals surface area (Å²) >= 11 is 0. The van der Waals surface area contributed by atoms with Crippen molar-refractivity contribution in [3.8, 4) is 23.0 Å². The minimum absolute atomic E-state index is 0.215. The number of aliphatic hydroxyl groups excluding tert-OH is 1. The van der Waals surface area contributed by atoms with E-state index in [0.29, 0.717) is 24.2 Å². The first kappa shape index (κ1) is 24.2. The van der Waals surface area contributed by atoms with E-state index in [2.05, 4.69) is 28.4 Å². The van der Waals surface area contributed by atoms with E-state index in [1.54, 1.807) is 7.05 Å². The van der Waals surface area contributed by atoms with E-state index in [1.165, 1.54) is 32.1 Å². The van der Waals surface area contributed by atoms with Crippen molar-refractivity contribution >= 4 is 5.82 Å². The highest BCUT2D eigenvalue weighted by Gasteiger charge is 2.21. The maximum Gasteiger partial charge on any atom is 0.164 e. The molecular formula is C26H36N6O2. The quantitative estimate of drug-likeness (QED) is 0.499. The highest BCUT2D eigenvalue weighted by molar-refractivity contribution is 5.61. The van der Waals surface area contributed by atoms with Crippen molar-refractivity contribution in [2.24, 2.45) is 0 Å². The van der Waals surface area contributed by atoms with Gasteiger partial charge in [0.15, 0.2) is 11.6 Å². The maximum absolute atomic E-state index is 9.98. The molecule has 3 aromatic rings. The number of aryl methyl sites for hydroxylation is 2. The van der Waals surface area contributed by atoms with Crippen LogP contribution in [-0.4, -0.2) is 64.2 Å². The Bertz CT molecular complexity index is 1090. The number of likely N-dealkylation sites (N-methyl/N-ethyl adjacent to an activating group) is 1. The summed E-state index contributed by atoms with van der Waals surface area (Å²) in [6.45, 7) is 4.72. The van der Waals surface area contributed by atoms with Gasteiger partial charge in [0.2, 0.25) is 0 Å². The van der Waals surface area contributed by atoms with Gasteiger partial charge in [0.1, 0.15) is 24.3 Å². The van der Waals surface area contributed by atoms with Crippen molar-refractivity contribution in [1.82, 2.24) is 25.1 Å². The van der Waals surface area contributed by atoms with Crippen molar-refractivity contribution in [2.45, 2.75) is 58.1 Å². The minimum atomic E-state index is -0.574. The molecule has 1 fully saturated rings. The first-order valence-corrected chi connectivity index (χ1v) is 12.2. The van der Waals surface area contributed by atoms with E-state index >= 15 is 0 Å². The molecule has 1 unspecified atom stereocenters. The number of nitrogens with one attached hydrogen (secondary N) is 1. The molecule has 8 heteroatoms. The third kappa shape index (κ3) is 5.74. The number of hydrogen-bond acceptors (Lipinski definition) is 7. The summed E-state index contributed by atoms with van der Waals surface area (Å²) in [6.07, 6.45) is 5.63. The third-order valence-corrected chi connectivity index (χ3v) is 6.38. The van der Waals surface area contributed by atoms with Gasteiger partial charge in [-0.05, 0) is 51.9 Å². The van der Waals surface area contributed by atoms with E-state index in [9.17, 15) is 5.11 Å². The largest absolute Gasteiger partial charge is 0.491 e. The van der Waals surface area contributed by atoms with Crippen molar-refractivity contribution in [1.29, 1.82) is 0 Å². The molecule has 0 amide bonds. The Morgan fingerprint density at radius 2 is 1.94 bits per heavy atom. The van der Waals surface area contributed by atoms with Crippen LogP contribution < -0.4 is 15.0 Å². The average Bonchev–Trinajstić information content (AvgIpc) is 3.20. The Morgan fingerprint density at radius 1 is 1.15 bits per heavy atom. The Morgan fingerprint density at radius 3 is 2.65 bits per heavy atom. The normalized spacial score (nSPS) is 15.3. The van der Waals surface area contributed by atoms with Crippen molar-refractivity contribution in [3.05, 3.63) is 47.8 Å². The van der Waals surface area contributed by atoms with E-state index < -0.39 is 6.10 Å². The highest BCUT2D eigenvalue weighted by atomic mass is 16.5. The summed E-state index contributed by atoms with van der Waals surface area (Å²) in [5, 5.41) is 17.6. The molecule has 0 radical (unpaired) electrons. The predicted molar refractivity (Wildman–Crippen MR) is 135 cm³/mol. The lowest BCUT2D eigenvalue weighted by molar-refractivity contribution is 0.108. The number of rotatable bonds is 9. The van der Waals surface area contributed by atoms with E-state index in [-0.39, 0.29) is 6.61 Å². The van der Waals surface area contributed by atoms with Gasteiger partial charge in [-0.25, -0.2) is 14.6 Å². The molecule has 0 saturated heterocycles. The van der Waals surface area contributed by atoms with Crippen LogP contribution in [0.1, 0.15) is 43.5 Å². The number of anilines is 1. The van der Waals surface area contributed by atoms with Gasteiger partial charge in [-0.3, -0.25) is 0 Å².